The first-order chi connectivity index (χ1) is 14.0. The second-order valence-electron chi connectivity index (χ2n) is 7.83. The predicted octanol–water partition coefficient (Wildman–Crippen LogP) is 4.52. The van der Waals surface area contributed by atoms with Gasteiger partial charge in [0.1, 0.15) is 0 Å². The molecule has 2 heterocycles. The third kappa shape index (κ3) is 3.99. The third-order valence-electron chi connectivity index (χ3n) is 6.03. The van der Waals surface area contributed by atoms with Crippen molar-refractivity contribution >= 4 is 29.4 Å². The Balaban J connectivity index is 1.40. The molecule has 2 aromatic carbocycles. The molecule has 0 bridgehead atoms. The molecule has 3 amide bonds. The van der Waals surface area contributed by atoms with Crippen molar-refractivity contribution in [3.05, 3.63) is 65.2 Å². The minimum atomic E-state index is -0.190. The van der Waals surface area contributed by atoms with E-state index in [0.29, 0.717) is 13.1 Å². The van der Waals surface area contributed by atoms with Gasteiger partial charge in [-0.15, -0.1) is 11.8 Å². The number of piperidine rings is 1. The van der Waals surface area contributed by atoms with Gasteiger partial charge < -0.3 is 15.1 Å². The fourth-order valence-corrected chi connectivity index (χ4v) is 5.58. The summed E-state index contributed by atoms with van der Waals surface area (Å²) in [6, 6.07) is 15.4. The lowest BCUT2D eigenvalue weighted by Gasteiger charge is -2.44. The molecule has 1 spiro atoms. The highest BCUT2D eigenvalue weighted by Gasteiger charge is 2.47. The van der Waals surface area contributed by atoms with E-state index >= 15 is 0 Å². The first-order valence-corrected chi connectivity index (χ1v) is 11.1. The molecule has 4 rings (SSSR count). The van der Waals surface area contributed by atoms with E-state index in [2.05, 4.69) is 12.2 Å². The standard InChI is InChI=1S/C23H27N3O2S/c1-17-8-9-20(16-18(17)2)24-22(28)25-12-10-23(11-13-25)26(14-15-29-23)21(27)19-6-4-3-5-7-19/h3-9,16H,10-15H2,1-2H3,(H,24,28). The topological polar surface area (TPSA) is 52.7 Å². The van der Waals surface area contributed by atoms with Crippen LogP contribution in [0.25, 0.3) is 0 Å². The number of benzene rings is 2. The van der Waals surface area contributed by atoms with Gasteiger partial charge in [-0.3, -0.25) is 4.79 Å². The zero-order chi connectivity index (χ0) is 20.4. The van der Waals surface area contributed by atoms with Crippen molar-refractivity contribution in [1.82, 2.24) is 9.80 Å². The first-order valence-electron chi connectivity index (χ1n) is 10.1. The van der Waals surface area contributed by atoms with Crippen LogP contribution in [0.3, 0.4) is 0 Å². The molecule has 0 aromatic heterocycles. The predicted molar refractivity (Wildman–Crippen MR) is 118 cm³/mol. The number of hydrogen-bond acceptors (Lipinski definition) is 3. The number of hydrogen-bond donors (Lipinski definition) is 1. The Morgan fingerprint density at radius 1 is 0.966 bits per heavy atom. The maximum atomic E-state index is 13.1. The van der Waals surface area contributed by atoms with E-state index < -0.39 is 0 Å². The van der Waals surface area contributed by atoms with Crippen LogP contribution in [0, 0.1) is 13.8 Å². The van der Waals surface area contributed by atoms with Gasteiger partial charge in [-0.1, -0.05) is 24.3 Å². The van der Waals surface area contributed by atoms with E-state index in [1.54, 1.807) is 0 Å². The zero-order valence-electron chi connectivity index (χ0n) is 17.0. The summed E-state index contributed by atoms with van der Waals surface area (Å²) in [6.07, 6.45) is 1.60. The average Bonchev–Trinajstić information content (AvgIpc) is 3.14. The third-order valence-corrected chi connectivity index (χ3v) is 7.59. The number of thioether (sulfide) groups is 1. The van der Waals surface area contributed by atoms with E-state index in [1.165, 1.54) is 5.56 Å². The van der Waals surface area contributed by atoms with Crippen LogP contribution in [0.2, 0.25) is 0 Å². The van der Waals surface area contributed by atoms with Crippen LogP contribution in [-0.4, -0.2) is 52.0 Å². The molecule has 6 heteroatoms. The van der Waals surface area contributed by atoms with Crippen molar-refractivity contribution in [1.29, 1.82) is 0 Å². The van der Waals surface area contributed by atoms with E-state index in [0.717, 1.165) is 42.0 Å². The average molecular weight is 410 g/mol. The van der Waals surface area contributed by atoms with Gasteiger partial charge in [0.15, 0.2) is 0 Å². The molecule has 0 saturated carbocycles. The molecular formula is C23H27N3O2S. The fraction of sp³-hybridized carbons (Fsp3) is 0.391. The summed E-state index contributed by atoms with van der Waals surface area (Å²) in [7, 11) is 0. The van der Waals surface area contributed by atoms with Crippen molar-refractivity contribution in [2.45, 2.75) is 31.6 Å². The van der Waals surface area contributed by atoms with Gasteiger partial charge in [0.2, 0.25) is 0 Å². The Bertz CT molecular complexity index is 908. The molecule has 2 fully saturated rings. The highest BCUT2D eigenvalue weighted by atomic mass is 32.2. The minimum Gasteiger partial charge on any atom is -0.324 e. The minimum absolute atomic E-state index is 0.0629. The lowest BCUT2D eigenvalue weighted by atomic mass is 10.0. The second kappa shape index (κ2) is 8.11. The molecule has 2 saturated heterocycles. The Morgan fingerprint density at radius 2 is 1.69 bits per heavy atom. The van der Waals surface area contributed by atoms with E-state index in [9.17, 15) is 9.59 Å². The molecule has 29 heavy (non-hydrogen) atoms. The number of carbonyl (C=O) groups is 2. The van der Waals surface area contributed by atoms with Gasteiger partial charge >= 0.3 is 6.03 Å². The monoisotopic (exact) mass is 409 g/mol. The lowest BCUT2D eigenvalue weighted by Crippen LogP contribution is -2.54. The zero-order valence-corrected chi connectivity index (χ0v) is 17.8. The van der Waals surface area contributed by atoms with Gasteiger partial charge in [0, 0.05) is 36.6 Å². The smallest absolute Gasteiger partial charge is 0.321 e. The molecule has 152 valence electrons. The Hall–Kier alpha value is -2.47. The number of rotatable bonds is 2. The molecule has 0 aliphatic carbocycles. The Kier molecular flexibility index (Phi) is 5.54. The second-order valence-corrected chi connectivity index (χ2v) is 9.29. The van der Waals surface area contributed by atoms with Gasteiger partial charge in [0.25, 0.3) is 5.91 Å². The fourth-order valence-electron chi connectivity index (χ4n) is 4.13. The molecular weight excluding hydrogens is 382 g/mol. The normalized spacial score (nSPS) is 18.1. The lowest BCUT2D eigenvalue weighted by molar-refractivity contribution is 0.0585. The molecule has 0 atom stereocenters. The largest absolute Gasteiger partial charge is 0.324 e. The molecule has 1 N–H and O–H groups in total. The SMILES string of the molecule is Cc1ccc(NC(=O)N2CCC3(CC2)SCCN3C(=O)c2ccccc2)cc1C. The Labute approximate surface area is 176 Å². The van der Waals surface area contributed by atoms with Crippen LogP contribution in [-0.2, 0) is 0 Å². The van der Waals surface area contributed by atoms with Gasteiger partial charge in [-0.05, 0) is 62.1 Å². The maximum Gasteiger partial charge on any atom is 0.321 e. The molecule has 2 aliphatic rings. The number of anilines is 1. The van der Waals surface area contributed by atoms with E-state index in [1.807, 2.05) is 77.0 Å². The summed E-state index contributed by atoms with van der Waals surface area (Å²) in [5.74, 6) is 1.05. The van der Waals surface area contributed by atoms with Crippen molar-refractivity contribution in [2.24, 2.45) is 0 Å². The number of nitrogens with zero attached hydrogens (tertiary/aromatic N) is 2. The molecule has 0 unspecified atom stereocenters. The molecule has 2 aliphatic heterocycles. The number of amides is 3. The molecule has 0 radical (unpaired) electrons. The summed E-state index contributed by atoms with van der Waals surface area (Å²) in [5, 5.41) is 3.02. The van der Waals surface area contributed by atoms with Crippen molar-refractivity contribution < 1.29 is 9.59 Å². The summed E-state index contributed by atoms with van der Waals surface area (Å²) in [5.41, 5.74) is 3.95. The van der Waals surface area contributed by atoms with Crippen LogP contribution >= 0.6 is 11.8 Å². The molecule has 5 nitrogen and oxygen atoms in total. The van der Waals surface area contributed by atoms with Crippen LogP contribution in [0.15, 0.2) is 48.5 Å². The van der Waals surface area contributed by atoms with Crippen molar-refractivity contribution in [3.8, 4) is 0 Å². The van der Waals surface area contributed by atoms with Crippen LogP contribution < -0.4 is 5.32 Å². The summed E-state index contributed by atoms with van der Waals surface area (Å²) in [6.45, 7) is 6.19. The highest BCUT2D eigenvalue weighted by Crippen LogP contribution is 2.44. The maximum absolute atomic E-state index is 13.1. The molecule has 2 aromatic rings. The quantitative estimate of drug-likeness (QED) is 0.794. The van der Waals surface area contributed by atoms with Crippen molar-refractivity contribution in [3.63, 3.8) is 0 Å². The number of nitrogens with one attached hydrogen (secondary N) is 1. The summed E-state index contributed by atoms with van der Waals surface area (Å²) in [4.78, 5) is 29.5. The summed E-state index contributed by atoms with van der Waals surface area (Å²) < 4.78 is 0. The number of likely N-dealkylation sites (tertiary alicyclic amines) is 1. The van der Waals surface area contributed by atoms with Gasteiger partial charge in [-0.2, -0.15) is 0 Å². The van der Waals surface area contributed by atoms with Crippen molar-refractivity contribution in [2.75, 3.05) is 30.7 Å². The number of carbonyl (C=O) groups excluding carboxylic acids is 2. The van der Waals surface area contributed by atoms with Crippen LogP contribution in [0.1, 0.15) is 34.3 Å². The number of aryl methyl sites for hydroxylation is 2. The van der Waals surface area contributed by atoms with Gasteiger partial charge in [0.05, 0.1) is 4.87 Å². The van der Waals surface area contributed by atoms with E-state index in [4.69, 9.17) is 0 Å². The highest BCUT2D eigenvalue weighted by molar-refractivity contribution is 8.00. The van der Waals surface area contributed by atoms with Crippen LogP contribution in [0.5, 0.6) is 0 Å². The van der Waals surface area contributed by atoms with Gasteiger partial charge in [-0.25, -0.2) is 4.79 Å². The van der Waals surface area contributed by atoms with E-state index in [-0.39, 0.29) is 16.8 Å². The summed E-state index contributed by atoms with van der Waals surface area (Å²) >= 11 is 1.86. The van der Waals surface area contributed by atoms with Crippen LogP contribution in [0.4, 0.5) is 10.5 Å². The Morgan fingerprint density at radius 3 is 2.38 bits per heavy atom. The first kappa shape index (κ1) is 19.8. The number of urea groups is 1.